The third-order valence-electron chi connectivity index (χ3n) is 4.98. The summed E-state index contributed by atoms with van der Waals surface area (Å²) in [7, 11) is 0. The van der Waals surface area contributed by atoms with Crippen LogP contribution in [0.3, 0.4) is 0 Å². The first-order valence-electron chi connectivity index (χ1n) is 9.60. The second-order valence-corrected chi connectivity index (χ2v) is 8.18. The molecule has 0 unspecified atom stereocenters. The Labute approximate surface area is 171 Å². The Morgan fingerprint density at radius 3 is 2.34 bits per heavy atom. The summed E-state index contributed by atoms with van der Waals surface area (Å²) in [4.78, 5) is 12.2. The molecule has 2 aromatic carbocycles. The monoisotopic (exact) mass is 389 g/mol. The lowest BCUT2D eigenvalue weighted by molar-refractivity contribution is 0.0952. The quantitative estimate of drug-likeness (QED) is 0.494. The molecule has 1 amide bonds. The Bertz CT molecular complexity index is 1050. The lowest BCUT2D eigenvalue weighted by Crippen LogP contribution is -2.17. The van der Waals surface area contributed by atoms with E-state index in [1.807, 2.05) is 19.9 Å². The predicted octanol–water partition coefficient (Wildman–Crippen LogP) is 4.86. The summed E-state index contributed by atoms with van der Waals surface area (Å²) >= 11 is 0. The molecule has 0 saturated carbocycles. The number of carbonyl (C=O) groups excluding carboxylic acids is 1. The van der Waals surface area contributed by atoms with Crippen LogP contribution in [0.15, 0.2) is 59.7 Å². The molecule has 0 aliphatic carbocycles. The van der Waals surface area contributed by atoms with Crippen LogP contribution in [0.4, 0.5) is 0 Å². The normalized spacial score (nSPS) is 11.8. The molecule has 0 radical (unpaired) electrons. The number of hydrogen-bond acceptors (Lipinski definition) is 3. The average molecular weight is 389 g/mol. The van der Waals surface area contributed by atoms with Crippen molar-refractivity contribution in [3.05, 3.63) is 82.7 Å². The highest BCUT2D eigenvalue weighted by Gasteiger charge is 2.15. The molecular formula is C24H27N3O2. The third-order valence-corrected chi connectivity index (χ3v) is 4.98. The van der Waals surface area contributed by atoms with Crippen LogP contribution in [0, 0.1) is 13.8 Å². The third kappa shape index (κ3) is 4.40. The molecule has 1 aromatic heterocycles. The molecule has 2 N–H and O–H groups in total. The van der Waals surface area contributed by atoms with Crippen molar-refractivity contribution >= 4 is 12.1 Å². The molecule has 5 heteroatoms. The highest BCUT2D eigenvalue weighted by atomic mass is 16.3. The van der Waals surface area contributed by atoms with Crippen molar-refractivity contribution in [1.29, 1.82) is 0 Å². The van der Waals surface area contributed by atoms with Crippen LogP contribution in [0.2, 0.25) is 0 Å². The van der Waals surface area contributed by atoms with Crippen LogP contribution >= 0.6 is 0 Å². The van der Waals surface area contributed by atoms with E-state index in [2.05, 4.69) is 60.1 Å². The Hall–Kier alpha value is -3.34. The maximum Gasteiger partial charge on any atom is 0.275 e. The van der Waals surface area contributed by atoms with Gasteiger partial charge in [-0.15, -0.1) is 0 Å². The van der Waals surface area contributed by atoms with Crippen molar-refractivity contribution in [2.45, 2.75) is 40.0 Å². The number of aromatic nitrogens is 1. The molecule has 0 bridgehead atoms. The van der Waals surface area contributed by atoms with Gasteiger partial charge < -0.3 is 9.67 Å². The van der Waals surface area contributed by atoms with E-state index in [4.69, 9.17) is 0 Å². The first-order valence-corrected chi connectivity index (χ1v) is 9.60. The first-order chi connectivity index (χ1) is 13.7. The van der Waals surface area contributed by atoms with Gasteiger partial charge in [-0.05, 0) is 55.2 Å². The minimum absolute atomic E-state index is 0.0721. The second-order valence-electron chi connectivity index (χ2n) is 8.18. The Morgan fingerprint density at radius 2 is 1.72 bits per heavy atom. The molecular weight excluding hydrogens is 362 g/mol. The van der Waals surface area contributed by atoms with E-state index in [9.17, 15) is 9.90 Å². The maximum absolute atomic E-state index is 12.2. The Morgan fingerprint density at radius 1 is 1.07 bits per heavy atom. The summed E-state index contributed by atoms with van der Waals surface area (Å²) in [6, 6.07) is 17.0. The summed E-state index contributed by atoms with van der Waals surface area (Å²) in [5.41, 5.74) is 8.18. The average Bonchev–Trinajstić information content (AvgIpc) is 2.95. The van der Waals surface area contributed by atoms with Gasteiger partial charge in [0.15, 0.2) is 0 Å². The minimum Gasteiger partial charge on any atom is -0.507 e. The largest absolute Gasteiger partial charge is 0.507 e. The molecule has 0 fully saturated rings. The predicted molar refractivity (Wildman–Crippen MR) is 117 cm³/mol. The SMILES string of the molecule is Cc1cc(/C=N\NC(=O)c2ccccc2O)c(C)n1-c1ccc(C(C)(C)C)cc1. The van der Waals surface area contributed by atoms with Gasteiger partial charge >= 0.3 is 0 Å². The smallest absolute Gasteiger partial charge is 0.275 e. The van der Waals surface area contributed by atoms with Crippen molar-refractivity contribution in [2.24, 2.45) is 5.10 Å². The number of phenols is 1. The molecule has 0 atom stereocenters. The number of nitrogens with one attached hydrogen (secondary N) is 1. The van der Waals surface area contributed by atoms with Crippen LogP contribution in [0.5, 0.6) is 5.75 Å². The number of carbonyl (C=O) groups is 1. The highest BCUT2D eigenvalue weighted by molar-refractivity contribution is 5.97. The molecule has 0 spiro atoms. The number of amides is 1. The van der Waals surface area contributed by atoms with E-state index in [1.54, 1.807) is 24.4 Å². The van der Waals surface area contributed by atoms with E-state index in [1.165, 1.54) is 11.6 Å². The fourth-order valence-corrected chi connectivity index (χ4v) is 3.31. The zero-order chi connectivity index (χ0) is 21.2. The molecule has 0 aliphatic heterocycles. The van der Waals surface area contributed by atoms with Crippen LogP contribution in [-0.4, -0.2) is 21.8 Å². The molecule has 0 aliphatic rings. The van der Waals surface area contributed by atoms with Crippen molar-refractivity contribution < 1.29 is 9.90 Å². The fraction of sp³-hybridized carbons (Fsp3) is 0.250. The summed E-state index contributed by atoms with van der Waals surface area (Å²) < 4.78 is 2.17. The van der Waals surface area contributed by atoms with Gasteiger partial charge in [0.05, 0.1) is 11.8 Å². The van der Waals surface area contributed by atoms with E-state index >= 15 is 0 Å². The van der Waals surface area contributed by atoms with Crippen LogP contribution < -0.4 is 5.43 Å². The topological polar surface area (TPSA) is 66.6 Å². The van der Waals surface area contributed by atoms with Gasteiger partial charge in [0.2, 0.25) is 0 Å². The highest BCUT2D eigenvalue weighted by Crippen LogP contribution is 2.25. The minimum atomic E-state index is -0.453. The van der Waals surface area contributed by atoms with Crippen LogP contribution in [0.1, 0.15) is 53.6 Å². The first kappa shape index (κ1) is 20.4. The number of para-hydroxylation sites is 1. The maximum atomic E-state index is 12.2. The van der Waals surface area contributed by atoms with Gasteiger partial charge in [-0.1, -0.05) is 45.0 Å². The molecule has 29 heavy (non-hydrogen) atoms. The Balaban J connectivity index is 1.80. The van der Waals surface area contributed by atoms with Crippen LogP contribution in [-0.2, 0) is 5.41 Å². The van der Waals surface area contributed by atoms with Crippen molar-refractivity contribution in [3.8, 4) is 11.4 Å². The number of phenolic OH excluding ortho intramolecular Hbond substituents is 1. The second kappa shape index (κ2) is 7.95. The number of rotatable bonds is 4. The van der Waals surface area contributed by atoms with Gasteiger partial charge in [0, 0.05) is 22.6 Å². The number of nitrogens with zero attached hydrogens (tertiary/aromatic N) is 2. The molecule has 0 saturated heterocycles. The zero-order valence-electron chi connectivity index (χ0n) is 17.5. The molecule has 1 heterocycles. The van der Waals surface area contributed by atoms with Gasteiger partial charge in [0.25, 0.3) is 5.91 Å². The summed E-state index contributed by atoms with van der Waals surface area (Å²) in [6.45, 7) is 10.7. The fourth-order valence-electron chi connectivity index (χ4n) is 3.31. The summed E-state index contributed by atoms with van der Waals surface area (Å²) in [6.07, 6.45) is 1.63. The number of hydrogen-bond donors (Lipinski definition) is 2. The zero-order valence-corrected chi connectivity index (χ0v) is 17.5. The molecule has 3 aromatic rings. The summed E-state index contributed by atoms with van der Waals surface area (Å²) in [5, 5.41) is 13.8. The van der Waals surface area contributed by atoms with Crippen molar-refractivity contribution in [3.63, 3.8) is 0 Å². The lowest BCUT2D eigenvalue weighted by atomic mass is 9.87. The van der Waals surface area contributed by atoms with Crippen LogP contribution in [0.25, 0.3) is 5.69 Å². The van der Waals surface area contributed by atoms with Gasteiger partial charge in [-0.3, -0.25) is 4.79 Å². The Kier molecular flexibility index (Phi) is 5.59. The number of hydrazone groups is 1. The van der Waals surface area contributed by atoms with E-state index in [0.717, 1.165) is 22.6 Å². The molecule has 150 valence electrons. The number of aromatic hydroxyl groups is 1. The van der Waals surface area contributed by atoms with E-state index in [0.29, 0.717) is 0 Å². The molecule has 5 nitrogen and oxygen atoms in total. The molecule has 3 rings (SSSR count). The van der Waals surface area contributed by atoms with Crippen molar-refractivity contribution in [1.82, 2.24) is 9.99 Å². The van der Waals surface area contributed by atoms with E-state index < -0.39 is 5.91 Å². The lowest BCUT2D eigenvalue weighted by Gasteiger charge is -2.20. The van der Waals surface area contributed by atoms with E-state index in [-0.39, 0.29) is 16.7 Å². The van der Waals surface area contributed by atoms with Gasteiger partial charge in [0.1, 0.15) is 5.75 Å². The number of aryl methyl sites for hydroxylation is 1. The number of benzene rings is 2. The summed E-state index contributed by atoms with van der Waals surface area (Å²) in [5.74, 6) is -0.525. The standard InChI is InChI=1S/C24H27N3O2/c1-16-14-18(15-25-26-23(29)21-8-6-7-9-22(21)28)17(2)27(16)20-12-10-19(11-13-20)24(3,4)5/h6-15,28H,1-5H3,(H,26,29)/b25-15-. The van der Waals surface area contributed by atoms with Gasteiger partial charge in [-0.2, -0.15) is 5.10 Å². The van der Waals surface area contributed by atoms with Gasteiger partial charge in [-0.25, -0.2) is 5.43 Å². The van der Waals surface area contributed by atoms with Crippen molar-refractivity contribution in [2.75, 3.05) is 0 Å².